The first kappa shape index (κ1) is 18.5. The Labute approximate surface area is 166 Å². The van der Waals surface area contributed by atoms with Crippen LogP contribution in [0.15, 0.2) is 53.5 Å². The van der Waals surface area contributed by atoms with Crippen LogP contribution in [0.1, 0.15) is 49.0 Å². The molecule has 4 heteroatoms. The molecule has 2 aliphatic rings. The van der Waals surface area contributed by atoms with Gasteiger partial charge in [0.1, 0.15) is 5.84 Å². The molecule has 2 aromatic rings. The zero-order chi connectivity index (χ0) is 19.7. The number of rotatable bonds is 2. The highest BCUT2D eigenvalue weighted by atomic mass is 16.2. The van der Waals surface area contributed by atoms with Gasteiger partial charge >= 0.3 is 0 Å². The van der Waals surface area contributed by atoms with Crippen LogP contribution in [0.25, 0.3) is 17.2 Å². The maximum absolute atomic E-state index is 12.7. The van der Waals surface area contributed by atoms with E-state index < -0.39 is 0 Å². The number of carbonyl (C=O) groups is 1. The quantitative estimate of drug-likeness (QED) is 0.803. The number of benzene rings is 2. The highest BCUT2D eigenvalue weighted by Gasteiger charge is 2.22. The van der Waals surface area contributed by atoms with E-state index in [1.54, 1.807) is 0 Å². The second-order valence-corrected chi connectivity index (χ2v) is 8.26. The van der Waals surface area contributed by atoms with E-state index in [1.165, 1.54) is 6.42 Å². The molecular formula is C24H27N3O. The van der Waals surface area contributed by atoms with Crippen LogP contribution in [-0.4, -0.2) is 29.7 Å². The van der Waals surface area contributed by atoms with Crippen molar-refractivity contribution in [1.29, 1.82) is 0 Å². The van der Waals surface area contributed by atoms with Gasteiger partial charge in [-0.15, -0.1) is 0 Å². The van der Waals surface area contributed by atoms with Crippen LogP contribution < -0.4 is 5.73 Å². The van der Waals surface area contributed by atoms with E-state index >= 15 is 0 Å². The lowest BCUT2D eigenvalue weighted by molar-refractivity contribution is 0.0724. The van der Waals surface area contributed by atoms with E-state index in [1.807, 2.05) is 29.2 Å². The number of nitrogens with zero attached hydrogens (tertiary/aromatic N) is 2. The molecule has 4 nitrogen and oxygen atoms in total. The predicted molar refractivity (Wildman–Crippen MR) is 116 cm³/mol. The minimum absolute atomic E-state index is 0.137. The first-order valence-electron chi connectivity index (χ1n) is 10.0. The van der Waals surface area contributed by atoms with Gasteiger partial charge < -0.3 is 10.6 Å². The Balaban J connectivity index is 1.60. The molecule has 0 spiro atoms. The molecule has 0 atom stereocenters. The highest BCUT2D eigenvalue weighted by Crippen LogP contribution is 2.33. The van der Waals surface area contributed by atoms with Crippen molar-refractivity contribution in [2.24, 2.45) is 16.1 Å². The third-order valence-electron chi connectivity index (χ3n) is 5.72. The smallest absolute Gasteiger partial charge is 0.253 e. The molecule has 0 radical (unpaired) electrons. The molecule has 0 unspecified atom stereocenters. The fourth-order valence-electron chi connectivity index (χ4n) is 3.70. The summed E-state index contributed by atoms with van der Waals surface area (Å²) in [6.07, 6.45) is 7.61. The van der Waals surface area contributed by atoms with Gasteiger partial charge in [-0.2, -0.15) is 0 Å². The largest absolute Gasteiger partial charge is 0.386 e. The maximum Gasteiger partial charge on any atom is 0.253 e. The second-order valence-electron chi connectivity index (χ2n) is 8.26. The van der Waals surface area contributed by atoms with Crippen molar-refractivity contribution in [3.05, 3.63) is 59.7 Å². The number of carbonyl (C=O) groups excluding carboxylic acids is 1. The first-order valence-corrected chi connectivity index (χ1v) is 10.0. The van der Waals surface area contributed by atoms with Crippen molar-refractivity contribution < 1.29 is 4.79 Å². The lowest BCUT2D eigenvalue weighted by atomic mass is 9.91. The molecule has 0 bridgehead atoms. The van der Waals surface area contributed by atoms with E-state index in [4.69, 9.17) is 5.73 Å². The van der Waals surface area contributed by atoms with Gasteiger partial charge in [0.15, 0.2) is 0 Å². The normalized spacial score (nSPS) is 18.2. The number of fused-ring (bicyclic) bond motifs is 1. The number of likely N-dealkylation sites (tertiary alicyclic amines) is 1. The number of amides is 1. The summed E-state index contributed by atoms with van der Waals surface area (Å²) in [6.45, 7) is 5.86. The fourth-order valence-corrected chi connectivity index (χ4v) is 3.70. The van der Waals surface area contributed by atoms with Crippen LogP contribution in [0.5, 0.6) is 0 Å². The Kier molecular flexibility index (Phi) is 4.80. The molecule has 0 saturated carbocycles. The summed E-state index contributed by atoms with van der Waals surface area (Å²) in [5, 5.41) is 0. The SMILES string of the molecule is CC1(C)C=Cc2ccc(-c3ccc(C(=O)N4CCCCC4)cc3)cc2N=C1N. The van der Waals surface area contributed by atoms with Gasteiger partial charge in [0.2, 0.25) is 0 Å². The van der Waals surface area contributed by atoms with Gasteiger partial charge in [0.05, 0.1) is 5.69 Å². The van der Waals surface area contributed by atoms with Crippen molar-refractivity contribution in [2.75, 3.05) is 13.1 Å². The number of aliphatic imine (C=N–C) groups is 1. The van der Waals surface area contributed by atoms with Crippen LogP contribution in [0.2, 0.25) is 0 Å². The number of amidine groups is 1. The maximum atomic E-state index is 12.7. The number of hydrogen-bond donors (Lipinski definition) is 1. The Hall–Kier alpha value is -2.88. The number of piperidine rings is 1. The second kappa shape index (κ2) is 7.27. The minimum Gasteiger partial charge on any atom is -0.386 e. The molecule has 2 aromatic carbocycles. The van der Waals surface area contributed by atoms with Crippen molar-refractivity contribution in [3.8, 4) is 11.1 Å². The van der Waals surface area contributed by atoms with Gasteiger partial charge in [0, 0.05) is 24.1 Å². The highest BCUT2D eigenvalue weighted by molar-refractivity contribution is 5.95. The molecule has 2 heterocycles. The van der Waals surface area contributed by atoms with Crippen LogP contribution in [0.4, 0.5) is 5.69 Å². The van der Waals surface area contributed by atoms with Gasteiger partial charge in [-0.25, -0.2) is 4.99 Å². The van der Waals surface area contributed by atoms with Crippen molar-refractivity contribution in [3.63, 3.8) is 0 Å². The molecular weight excluding hydrogens is 346 g/mol. The third-order valence-corrected chi connectivity index (χ3v) is 5.72. The van der Waals surface area contributed by atoms with Crippen LogP contribution in [-0.2, 0) is 0 Å². The van der Waals surface area contributed by atoms with E-state index in [0.29, 0.717) is 5.84 Å². The zero-order valence-electron chi connectivity index (χ0n) is 16.6. The van der Waals surface area contributed by atoms with E-state index in [-0.39, 0.29) is 11.3 Å². The molecule has 0 aromatic heterocycles. The van der Waals surface area contributed by atoms with Crippen molar-refractivity contribution in [1.82, 2.24) is 4.90 Å². The molecule has 2 aliphatic heterocycles. The predicted octanol–water partition coefficient (Wildman–Crippen LogP) is 5.02. The summed E-state index contributed by atoms with van der Waals surface area (Å²) in [5.41, 5.74) is 10.8. The topological polar surface area (TPSA) is 58.7 Å². The van der Waals surface area contributed by atoms with Gasteiger partial charge in [-0.3, -0.25) is 4.79 Å². The summed E-state index contributed by atoms with van der Waals surface area (Å²) >= 11 is 0. The van der Waals surface area contributed by atoms with Gasteiger partial charge in [0.25, 0.3) is 5.91 Å². The van der Waals surface area contributed by atoms with Gasteiger partial charge in [-0.1, -0.05) is 36.4 Å². The molecule has 1 amide bonds. The summed E-state index contributed by atoms with van der Waals surface area (Å²) in [7, 11) is 0. The summed E-state index contributed by atoms with van der Waals surface area (Å²) in [5.74, 6) is 0.750. The third kappa shape index (κ3) is 3.59. The van der Waals surface area contributed by atoms with Crippen molar-refractivity contribution >= 4 is 23.5 Å². The van der Waals surface area contributed by atoms with Crippen molar-refractivity contribution in [2.45, 2.75) is 33.1 Å². The van der Waals surface area contributed by atoms with E-state index in [0.717, 1.165) is 53.9 Å². The Morgan fingerprint density at radius 2 is 1.68 bits per heavy atom. The minimum atomic E-state index is -0.254. The van der Waals surface area contributed by atoms with E-state index in [2.05, 4.69) is 49.2 Å². The molecule has 144 valence electrons. The standard InChI is InChI=1S/C24H27N3O/c1-24(2)13-12-18-8-11-20(16-21(18)26-23(24)25)17-6-9-19(10-7-17)22(28)27-14-4-3-5-15-27/h6-13,16H,3-5,14-15H2,1-2H3,(H2,25,26). The molecule has 4 rings (SSSR count). The van der Waals surface area contributed by atoms with Crippen LogP contribution in [0, 0.1) is 5.41 Å². The average Bonchev–Trinajstić information content (AvgIpc) is 2.83. The molecule has 1 saturated heterocycles. The Morgan fingerprint density at radius 1 is 1.00 bits per heavy atom. The van der Waals surface area contributed by atoms with Crippen LogP contribution in [0.3, 0.4) is 0 Å². The fraction of sp³-hybridized carbons (Fsp3) is 0.333. The van der Waals surface area contributed by atoms with Gasteiger partial charge in [-0.05, 0) is 68.0 Å². The summed E-state index contributed by atoms with van der Waals surface area (Å²) in [6, 6.07) is 14.1. The lowest BCUT2D eigenvalue weighted by Crippen LogP contribution is -2.35. The first-order chi connectivity index (χ1) is 13.4. The van der Waals surface area contributed by atoms with Crippen LogP contribution >= 0.6 is 0 Å². The molecule has 1 fully saturated rings. The average molecular weight is 374 g/mol. The Morgan fingerprint density at radius 3 is 2.39 bits per heavy atom. The number of hydrogen-bond acceptors (Lipinski definition) is 3. The lowest BCUT2D eigenvalue weighted by Gasteiger charge is -2.26. The Bertz CT molecular complexity index is 948. The summed E-state index contributed by atoms with van der Waals surface area (Å²) < 4.78 is 0. The van der Waals surface area contributed by atoms with E-state index in [9.17, 15) is 4.79 Å². The zero-order valence-corrected chi connectivity index (χ0v) is 16.6. The summed E-state index contributed by atoms with van der Waals surface area (Å²) in [4.78, 5) is 19.3. The number of nitrogens with two attached hydrogens (primary N) is 1. The monoisotopic (exact) mass is 373 g/mol. The molecule has 2 N–H and O–H groups in total. The molecule has 0 aliphatic carbocycles. The molecule has 28 heavy (non-hydrogen) atoms.